The maximum absolute atomic E-state index is 11.0. The number of aromatic amines is 1. The molecule has 0 saturated heterocycles. The molecule has 0 amide bonds. The predicted molar refractivity (Wildman–Crippen MR) is 69.1 cm³/mol. The third-order valence-corrected chi connectivity index (χ3v) is 2.99. The van der Waals surface area contributed by atoms with Crippen LogP contribution in [0.1, 0.15) is 0 Å². The van der Waals surface area contributed by atoms with Crippen molar-refractivity contribution < 1.29 is 9.85 Å². The van der Waals surface area contributed by atoms with E-state index in [0.29, 0.717) is 16.4 Å². The fourth-order valence-electron chi connectivity index (χ4n) is 2.17. The largest absolute Gasteiger partial charge is 0.349 e. The minimum atomic E-state index is -0.631. The van der Waals surface area contributed by atoms with Gasteiger partial charge in [-0.05, 0) is 6.07 Å². The van der Waals surface area contributed by atoms with Crippen LogP contribution in [0.3, 0.4) is 0 Å². The smallest absolute Gasteiger partial charge is 0.300 e. The number of non-ortho nitro benzene ring substituents is 2. The molecular weight excluding hydrogens is 250 g/mol. The zero-order valence-corrected chi connectivity index (χ0v) is 9.49. The molecule has 3 aromatic rings. The first-order valence-electron chi connectivity index (χ1n) is 5.41. The summed E-state index contributed by atoms with van der Waals surface area (Å²) < 4.78 is 0. The molecule has 0 aliphatic rings. The summed E-state index contributed by atoms with van der Waals surface area (Å²) in [6, 6.07) is 9.42. The van der Waals surface area contributed by atoms with Crippen LogP contribution < -0.4 is 0 Å². The van der Waals surface area contributed by atoms with Crippen LogP contribution in [-0.2, 0) is 0 Å². The number of benzene rings is 2. The van der Waals surface area contributed by atoms with E-state index >= 15 is 0 Å². The number of nitrogens with zero attached hydrogens (tertiary/aromatic N) is 2. The molecule has 1 aromatic heterocycles. The van der Waals surface area contributed by atoms with Crippen molar-refractivity contribution >= 4 is 33.2 Å². The average Bonchev–Trinajstić information content (AvgIpc) is 2.75. The Bertz CT molecular complexity index is 837. The van der Waals surface area contributed by atoms with Crippen LogP contribution in [0.15, 0.2) is 36.4 Å². The molecule has 0 radical (unpaired) electrons. The number of nitrogens with one attached hydrogen (secondary N) is 1. The highest BCUT2D eigenvalue weighted by Crippen LogP contribution is 2.35. The lowest BCUT2D eigenvalue weighted by atomic mass is 10.1. The average molecular weight is 257 g/mol. The molecule has 0 unspecified atom stereocenters. The van der Waals surface area contributed by atoms with E-state index in [9.17, 15) is 20.2 Å². The van der Waals surface area contributed by atoms with E-state index in [0.717, 1.165) is 11.5 Å². The normalized spacial score (nSPS) is 10.9. The standard InChI is InChI=1S/C12H7N3O4/c16-14(17)7-5-9-8-3-1-2-4-10(8)13-12(9)11(6-7)15(18)19/h1-6,13H. The molecule has 19 heavy (non-hydrogen) atoms. The number of nitro groups is 2. The van der Waals surface area contributed by atoms with Crippen LogP contribution in [0.5, 0.6) is 0 Å². The zero-order chi connectivity index (χ0) is 13.6. The third kappa shape index (κ3) is 1.60. The molecular formula is C12H7N3O4. The van der Waals surface area contributed by atoms with Crippen molar-refractivity contribution in [1.29, 1.82) is 0 Å². The first-order chi connectivity index (χ1) is 9.08. The van der Waals surface area contributed by atoms with Gasteiger partial charge in [-0.3, -0.25) is 20.2 Å². The van der Waals surface area contributed by atoms with Crippen molar-refractivity contribution in [3.05, 3.63) is 56.6 Å². The molecule has 1 heterocycles. The minimum Gasteiger partial charge on any atom is -0.349 e. The first kappa shape index (κ1) is 11.1. The lowest BCUT2D eigenvalue weighted by Crippen LogP contribution is -1.93. The molecule has 0 aliphatic heterocycles. The topological polar surface area (TPSA) is 102 Å². The Labute approximate surface area is 105 Å². The van der Waals surface area contributed by atoms with Gasteiger partial charge in [-0.1, -0.05) is 18.2 Å². The summed E-state index contributed by atoms with van der Waals surface area (Å²) in [4.78, 5) is 23.6. The summed E-state index contributed by atoms with van der Waals surface area (Å²) >= 11 is 0. The Hall–Kier alpha value is -2.96. The van der Waals surface area contributed by atoms with E-state index in [1.54, 1.807) is 24.3 Å². The molecule has 0 saturated carbocycles. The van der Waals surface area contributed by atoms with Crippen molar-refractivity contribution in [2.24, 2.45) is 0 Å². The number of hydrogen-bond acceptors (Lipinski definition) is 4. The second kappa shape index (κ2) is 3.77. The summed E-state index contributed by atoms with van der Waals surface area (Å²) in [5.74, 6) is 0. The Morgan fingerprint density at radius 1 is 0.947 bits per heavy atom. The van der Waals surface area contributed by atoms with Gasteiger partial charge in [-0.2, -0.15) is 0 Å². The fraction of sp³-hybridized carbons (Fsp3) is 0. The van der Waals surface area contributed by atoms with Crippen molar-refractivity contribution in [2.45, 2.75) is 0 Å². The molecule has 7 heteroatoms. The summed E-state index contributed by atoms with van der Waals surface area (Å²) in [5.41, 5.74) is 0.433. The maximum atomic E-state index is 11.0. The Kier molecular flexibility index (Phi) is 2.21. The van der Waals surface area contributed by atoms with Crippen molar-refractivity contribution in [3.63, 3.8) is 0 Å². The fourth-order valence-corrected chi connectivity index (χ4v) is 2.17. The third-order valence-electron chi connectivity index (χ3n) is 2.99. The molecule has 3 rings (SSSR count). The number of aromatic nitrogens is 1. The summed E-state index contributed by atoms with van der Waals surface area (Å²) in [6.07, 6.45) is 0. The maximum Gasteiger partial charge on any atom is 0.300 e. The highest BCUT2D eigenvalue weighted by atomic mass is 16.6. The molecule has 0 bridgehead atoms. The first-order valence-corrected chi connectivity index (χ1v) is 5.41. The highest BCUT2D eigenvalue weighted by molar-refractivity contribution is 6.10. The van der Waals surface area contributed by atoms with Gasteiger partial charge in [-0.15, -0.1) is 0 Å². The lowest BCUT2D eigenvalue weighted by Gasteiger charge is -1.95. The summed E-state index contributed by atoms with van der Waals surface area (Å²) in [7, 11) is 0. The quantitative estimate of drug-likeness (QED) is 0.562. The molecule has 2 aromatic carbocycles. The van der Waals surface area contributed by atoms with Crippen molar-refractivity contribution in [2.75, 3.05) is 0 Å². The number of fused-ring (bicyclic) bond motifs is 3. The zero-order valence-electron chi connectivity index (χ0n) is 9.49. The van der Waals surface area contributed by atoms with Crippen LogP contribution in [0.25, 0.3) is 21.8 Å². The molecule has 0 atom stereocenters. The molecule has 7 nitrogen and oxygen atoms in total. The van der Waals surface area contributed by atoms with E-state index in [1.807, 2.05) is 0 Å². The number of nitro benzene ring substituents is 2. The highest BCUT2D eigenvalue weighted by Gasteiger charge is 2.22. The number of H-pyrrole nitrogens is 1. The van der Waals surface area contributed by atoms with E-state index in [1.165, 1.54) is 6.07 Å². The van der Waals surface area contributed by atoms with Gasteiger partial charge in [0.1, 0.15) is 5.52 Å². The van der Waals surface area contributed by atoms with Gasteiger partial charge in [0.15, 0.2) is 0 Å². The minimum absolute atomic E-state index is 0.288. The number of para-hydroxylation sites is 1. The van der Waals surface area contributed by atoms with Crippen LogP contribution in [0, 0.1) is 20.2 Å². The van der Waals surface area contributed by atoms with E-state index in [2.05, 4.69) is 4.98 Å². The van der Waals surface area contributed by atoms with Gasteiger partial charge >= 0.3 is 0 Å². The number of hydrogen-bond donors (Lipinski definition) is 1. The predicted octanol–water partition coefficient (Wildman–Crippen LogP) is 3.14. The summed E-state index contributed by atoms with van der Waals surface area (Å²) in [5, 5.41) is 23.1. The number of rotatable bonds is 2. The second-order valence-corrected chi connectivity index (χ2v) is 4.07. The molecule has 0 spiro atoms. The molecule has 0 aliphatic carbocycles. The molecule has 0 fully saturated rings. The van der Waals surface area contributed by atoms with Crippen molar-refractivity contribution in [3.8, 4) is 0 Å². The Balaban J connectivity index is 2.52. The Morgan fingerprint density at radius 3 is 2.37 bits per heavy atom. The molecule has 1 N–H and O–H groups in total. The lowest BCUT2D eigenvalue weighted by molar-refractivity contribution is -0.393. The second-order valence-electron chi connectivity index (χ2n) is 4.07. The van der Waals surface area contributed by atoms with Gasteiger partial charge in [0.05, 0.1) is 15.9 Å². The monoisotopic (exact) mass is 257 g/mol. The van der Waals surface area contributed by atoms with Gasteiger partial charge in [0, 0.05) is 22.4 Å². The summed E-state index contributed by atoms with van der Waals surface area (Å²) in [6.45, 7) is 0. The van der Waals surface area contributed by atoms with E-state index in [4.69, 9.17) is 0 Å². The van der Waals surface area contributed by atoms with E-state index < -0.39 is 9.85 Å². The SMILES string of the molecule is O=[N+]([O-])c1cc([N+](=O)[O-])c2[nH]c3ccccc3c2c1. The van der Waals surface area contributed by atoms with E-state index in [-0.39, 0.29) is 11.4 Å². The van der Waals surface area contributed by atoms with Crippen molar-refractivity contribution in [1.82, 2.24) is 4.98 Å². The van der Waals surface area contributed by atoms with Gasteiger partial charge < -0.3 is 4.98 Å². The van der Waals surface area contributed by atoms with Gasteiger partial charge in [0.2, 0.25) is 0 Å². The van der Waals surface area contributed by atoms with Gasteiger partial charge in [0.25, 0.3) is 11.4 Å². The van der Waals surface area contributed by atoms with Gasteiger partial charge in [-0.25, -0.2) is 0 Å². The van der Waals surface area contributed by atoms with Crippen LogP contribution >= 0.6 is 0 Å². The van der Waals surface area contributed by atoms with Crippen LogP contribution in [0.4, 0.5) is 11.4 Å². The Morgan fingerprint density at radius 2 is 1.68 bits per heavy atom. The van der Waals surface area contributed by atoms with Crippen LogP contribution in [-0.4, -0.2) is 14.8 Å². The van der Waals surface area contributed by atoms with Crippen LogP contribution in [0.2, 0.25) is 0 Å². The molecule has 94 valence electrons.